The summed E-state index contributed by atoms with van der Waals surface area (Å²) in [7, 11) is 0. The van der Waals surface area contributed by atoms with E-state index in [1.807, 2.05) is 0 Å². The number of halogens is 3. The molecule has 5 heteroatoms. The van der Waals surface area contributed by atoms with Crippen molar-refractivity contribution in [2.45, 2.75) is 11.5 Å². The SMILES string of the molecule is FC(F)(F)c1ccc2c(c1)[Se]CCN2. The second-order valence-corrected chi connectivity index (χ2v) is 5.37. The number of rotatable bonds is 0. The Labute approximate surface area is 85.8 Å². The van der Waals surface area contributed by atoms with Crippen molar-refractivity contribution in [2.24, 2.45) is 0 Å². The molecule has 0 aliphatic carbocycles. The van der Waals surface area contributed by atoms with E-state index in [0.717, 1.165) is 28.1 Å². The van der Waals surface area contributed by atoms with Crippen molar-refractivity contribution < 1.29 is 13.2 Å². The molecule has 1 aliphatic rings. The van der Waals surface area contributed by atoms with Crippen molar-refractivity contribution in [3.63, 3.8) is 0 Å². The summed E-state index contributed by atoms with van der Waals surface area (Å²) in [5.41, 5.74) is 0.325. The fourth-order valence-corrected chi connectivity index (χ4v) is 3.26. The second kappa shape index (κ2) is 3.48. The van der Waals surface area contributed by atoms with Crippen molar-refractivity contribution in [3.05, 3.63) is 23.8 Å². The van der Waals surface area contributed by atoms with E-state index in [2.05, 4.69) is 5.32 Å². The van der Waals surface area contributed by atoms with Gasteiger partial charge in [0.15, 0.2) is 0 Å². The zero-order valence-corrected chi connectivity index (χ0v) is 8.90. The quantitative estimate of drug-likeness (QED) is 0.707. The molecule has 0 saturated heterocycles. The Balaban J connectivity index is 2.39. The van der Waals surface area contributed by atoms with E-state index in [4.69, 9.17) is 0 Å². The molecule has 1 aromatic carbocycles. The number of hydrogen-bond acceptors (Lipinski definition) is 1. The number of anilines is 1. The molecule has 0 unspecified atom stereocenters. The van der Waals surface area contributed by atoms with Crippen molar-refractivity contribution in [1.82, 2.24) is 0 Å². The maximum absolute atomic E-state index is 12.3. The molecule has 0 atom stereocenters. The summed E-state index contributed by atoms with van der Waals surface area (Å²) in [4.78, 5) is 0. The Morgan fingerprint density at radius 2 is 2.07 bits per heavy atom. The average molecular weight is 266 g/mol. The normalized spacial score (nSPS) is 15.9. The third-order valence-corrected chi connectivity index (χ3v) is 4.20. The van der Waals surface area contributed by atoms with Crippen molar-refractivity contribution in [1.29, 1.82) is 0 Å². The molecule has 2 rings (SSSR count). The van der Waals surface area contributed by atoms with Gasteiger partial charge in [0.1, 0.15) is 0 Å². The van der Waals surface area contributed by atoms with E-state index < -0.39 is 11.7 Å². The van der Waals surface area contributed by atoms with Gasteiger partial charge >= 0.3 is 85.4 Å². The third kappa shape index (κ3) is 1.88. The van der Waals surface area contributed by atoms with Crippen LogP contribution in [0.5, 0.6) is 0 Å². The van der Waals surface area contributed by atoms with Gasteiger partial charge in [-0.15, -0.1) is 0 Å². The minimum absolute atomic E-state index is 0.182. The molecule has 0 saturated carbocycles. The van der Waals surface area contributed by atoms with Gasteiger partial charge in [-0.3, -0.25) is 0 Å². The molecule has 1 heterocycles. The van der Waals surface area contributed by atoms with Gasteiger partial charge in [-0.05, 0) is 0 Å². The van der Waals surface area contributed by atoms with Crippen LogP contribution in [0.3, 0.4) is 0 Å². The fourth-order valence-electron chi connectivity index (χ4n) is 1.31. The monoisotopic (exact) mass is 267 g/mol. The summed E-state index contributed by atoms with van der Waals surface area (Å²) in [6.07, 6.45) is -4.22. The third-order valence-electron chi connectivity index (χ3n) is 1.98. The van der Waals surface area contributed by atoms with Gasteiger partial charge < -0.3 is 0 Å². The van der Waals surface area contributed by atoms with Gasteiger partial charge in [-0.2, -0.15) is 0 Å². The van der Waals surface area contributed by atoms with Gasteiger partial charge in [-0.1, -0.05) is 0 Å². The Bertz CT molecular complexity index is 348. The van der Waals surface area contributed by atoms with Crippen LogP contribution in [-0.2, 0) is 6.18 Å². The summed E-state index contributed by atoms with van der Waals surface area (Å²) in [6.45, 7) is 0.873. The molecular formula is C9H8F3NSe. The first-order valence-corrected chi connectivity index (χ1v) is 6.22. The molecule has 0 amide bonds. The average Bonchev–Trinajstić information content (AvgIpc) is 2.16. The Kier molecular flexibility index (Phi) is 2.45. The van der Waals surface area contributed by atoms with Crippen molar-refractivity contribution in [3.8, 4) is 0 Å². The molecule has 0 fully saturated rings. The number of hydrogen-bond donors (Lipinski definition) is 1. The molecule has 0 aromatic heterocycles. The summed E-state index contributed by atoms with van der Waals surface area (Å²) in [5.74, 6) is 0. The second-order valence-electron chi connectivity index (χ2n) is 2.98. The molecule has 0 bridgehead atoms. The molecule has 1 nitrogen and oxygen atoms in total. The van der Waals surface area contributed by atoms with Gasteiger partial charge in [0, 0.05) is 0 Å². The molecule has 0 spiro atoms. The summed E-state index contributed by atoms with van der Waals surface area (Å²) in [6, 6.07) is 3.92. The zero-order chi connectivity index (χ0) is 10.2. The van der Waals surface area contributed by atoms with Gasteiger partial charge in [-0.25, -0.2) is 0 Å². The molecule has 1 aliphatic heterocycles. The molecule has 14 heavy (non-hydrogen) atoms. The molecule has 0 radical (unpaired) electrons. The van der Waals surface area contributed by atoms with Crippen LogP contribution in [0.1, 0.15) is 5.56 Å². The van der Waals surface area contributed by atoms with E-state index in [9.17, 15) is 13.2 Å². The first kappa shape index (κ1) is 9.87. The van der Waals surface area contributed by atoms with E-state index in [0.29, 0.717) is 0 Å². The Morgan fingerprint density at radius 1 is 1.29 bits per heavy atom. The number of benzene rings is 1. The number of fused-ring (bicyclic) bond motifs is 1. The number of nitrogens with one attached hydrogen (secondary N) is 1. The van der Waals surface area contributed by atoms with E-state index in [-0.39, 0.29) is 15.0 Å². The van der Waals surface area contributed by atoms with Crippen LogP contribution in [-0.4, -0.2) is 21.5 Å². The Morgan fingerprint density at radius 3 is 2.79 bits per heavy atom. The molecule has 76 valence electrons. The molecular weight excluding hydrogens is 258 g/mol. The summed E-state index contributed by atoms with van der Waals surface area (Å²) in [5, 5.41) is 4.05. The topological polar surface area (TPSA) is 12.0 Å². The first-order valence-electron chi connectivity index (χ1n) is 4.15. The van der Waals surface area contributed by atoms with Crippen LogP contribution in [0.4, 0.5) is 18.9 Å². The van der Waals surface area contributed by atoms with Crippen LogP contribution < -0.4 is 9.78 Å². The van der Waals surface area contributed by atoms with Crippen molar-refractivity contribution >= 4 is 25.1 Å². The van der Waals surface area contributed by atoms with E-state index >= 15 is 0 Å². The summed E-state index contributed by atoms with van der Waals surface area (Å²) < 4.78 is 37.9. The predicted octanol–water partition coefficient (Wildman–Crippen LogP) is 1.88. The van der Waals surface area contributed by atoms with E-state index in [1.165, 1.54) is 12.1 Å². The van der Waals surface area contributed by atoms with Crippen molar-refractivity contribution in [2.75, 3.05) is 11.9 Å². The van der Waals surface area contributed by atoms with Gasteiger partial charge in [0.2, 0.25) is 0 Å². The van der Waals surface area contributed by atoms with Crippen LogP contribution in [0, 0.1) is 0 Å². The van der Waals surface area contributed by atoms with Gasteiger partial charge in [0.25, 0.3) is 0 Å². The summed E-state index contributed by atoms with van der Waals surface area (Å²) >= 11 is 0.182. The van der Waals surface area contributed by atoms with E-state index in [1.54, 1.807) is 0 Å². The van der Waals surface area contributed by atoms with Crippen LogP contribution >= 0.6 is 0 Å². The molecule has 1 aromatic rings. The van der Waals surface area contributed by atoms with Crippen LogP contribution in [0.25, 0.3) is 0 Å². The molecule has 1 N–H and O–H groups in total. The van der Waals surface area contributed by atoms with Gasteiger partial charge in [0.05, 0.1) is 0 Å². The first-order chi connectivity index (χ1) is 6.57. The maximum atomic E-state index is 12.3. The van der Waals surface area contributed by atoms with Crippen LogP contribution in [0.2, 0.25) is 5.32 Å². The van der Waals surface area contributed by atoms with Crippen LogP contribution in [0.15, 0.2) is 18.2 Å². The Hall–Kier alpha value is -0.671. The number of alkyl halides is 3. The minimum atomic E-state index is -4.22. The zero-order valence-electron chi connectivity index (χ0n) is 7.19. The standard InChI is InChI=1S/C9H8F3NSe/c10-9(11,12)6-1-2-7-8(5-6)14-4-3-13-7/h1-2,5,13H,3-4H2. The predicted molar refractivity (Wildman–Crippen MR) is 50.1 cm³/mol. The fraction of sp³-hybridized carbons (Fsp3) is 0.333.